The van der Waals surface area contributed by atoms with Gasteiger partial charge in [-0.05, 0) is 35.9 Å². The topological polar surface area (TPSA) is 30.7 Å². The largest absolute Gasteiger partial charge is 0.268 e. The third-order valence-corrected chi connectivity index (χ3v) is 2.86. The summed E-state index contributed by atoms with van der Waals surface area (Å²) in [5.74, 6) is -0.222. The van der Waals surface area contributed by atoms with Crippen LogP contribution in [0.2, 0.25) is 0 Å². The van der Waals surface area contributed by atoms with Crippen LogP contribution in [0.1, 0.15) is 5.56 Å². The fourth-order valence-corrected chi connectivity index (χ4v) is 1.89. The highest BCUT2D eigenvalue weighted by Crippen LogP contribution is 2.15. The second kappa shape index (κ2) is 5.02. The number of hydrogen-bond acceptors (Lipinski definition) is 2. The standard InChI is InChI=1S/C15H12FN3/c16-14-5-3-12(4-6-14)11-19-9-7-15(18-19)13-2-1-8-17-10-13/h1-10H,11H2. The van der Waals surface area contributed by atoms with Crippen LogP contribution in [0.3, 0.4) is 0 Å². The molecule has 3 nitrogen and oxygen atoms in total. The van der Waals surface area contributed by atoms with Gasteiger partial charge in [0.1, 0.15) is 5.82 Å². The highest BCUT2D eigenvalue weighted by molar-refractivity contribution is 5.56. The van der Waals surface area contributed by atoms with Crippen LogP contribution < -0.4 is 0 Å². The molecule has 0 unspecified atom stereocenters. The number of pyridine rings is 1. The second-order valence-corrected chi connectivity index (χ2v) is 4.27. The molecule has 3 rings (SSSR count). The first-order valence-electron chi connectivity index (χ1n) is 5.99. The molecule has 0 N–H and O–H groups in total. The Morgan fingerprint density at radius 2 is 1.89 bits per heavy atom. The third kappa shape index (κ3) is 2.68. The van der Waals surface area contributed by atoms with E-state index in [2.05, 4.69) is 10.1 Å². The maximum absolute atomic E-state index is 12.8. The van der Waals surface area contributed by atoms with E-state index in [9.17, 15) is 4.39 Å². The monoisotopic (exact) mass is 253 g/mol. The molecule has 0 spiro atoms. The Kier molecular flexibility index (Phi) is 3.06. The van der Waals surface area contributed by atoms with E-state index in [1.165, 1.54) is 12.1 Å². The summed E-state index contributed by atoms with van der Waals surface area (Å²) in [5.41, 5.74) is 2.89. The third-order valence-electron chi connectivity index (χ3n) is 2.86. The summed E-state index contributed by atoms with van der Waals surface area (Å²) in [7, 11) is 0. The van der Waals surface area contributed by atoms with Gasteiger partial charge in [-0.3, -0.25) is 9.67 Å². The SMILES string of the molecule is Fc1ccc(Cn2ccc(-c3cccnc3)n2)cc1. The molecule has 0 aliphatic carbocycles. The fraction of sp³-hybridized carbons (Fsp3) is 0.0667. The van der Waals surface area contributed by atoms with Crippen molar-refractivity contribution < 1.29 is 4.39 Å². The smallest absolute Gasteiger partial charge is 0.123 e. The summed E-state index contributed by atoms with van der Waals surface area (Å²) in [5, 5.41) is 4.48. The Morgan fingerprint density at radius 3 is 2.63 bits per heavy atom. The van der Waals surface area contributed by atoms with E-state index in [-0.39, 0.29) is 5.82 Å². The van der Waals surface area contributed by atoms with Gasteiger partial charge in [0.2, 0.25) is 0 Å². The zero-order chi connectivity index (χ0) is 13.1. The van der Waals surface area contributed by atoms with E-state index in [4.69, 9.17) is 0 Å². The Bertz CT molecular complexity index is 659. The molecule has 0 saturated heterocycles. The van der Waals surface area contributed by atoms with E-state index in [0.717, 1.165) is 16.8 Å². The zero-order valence-electron chi connectivity index (χ0n) is 10.2. The lowest BCUT2D eigenvalue weighted by Gasteiger charge is -2.01. The molecule has 19 heavy (non-hydrogen) atoms. The summed E-state index contributed by atoms with van der Waals surface area (Å²) in [4.78, 5) is 4.07. The second-order valence-electron chi connectivity index (χ2n) is 4.27. The molecule has 0 amide bonds. The van der Waals surface area contributed by atoms with Crippen LogP contribution in [0, 0.1) is 5.82 Å². The lowest BCUT2D eigenvalue weighted by atomic mass is 10.2. The molecule has 94 valence electrons. The lowest BCUT2D eigenvalue weighted by Crippen LogP contribution is -2.00. The predicted octanol–water partition coefficient (Wildman–Crippen LogP) is 3.13. The van der Waals surface area contributed by atoms with Crippen molar-refractivity contribution in [3.05, 3.63) is 72.4 Å². The minimum absolute atomic E-state index is 0.222. The summed E-state index contributed by atoms with van der Waals surface area (Å²) >= 11 is 0. The molecule has 1 aromatic carbocycles. The van der Waals surface area contributed by atoms with Crippen molar-refractivity contribution in [3.8, 4) is 11.3 Å². The van der Waals surface area contributed by atoms with Gasteiger partial charge >= 0.3 is 0 Å². The number of nitrogens with zero attached hydrogens (tertiary/aromatic N) is 3. The molecule has 0 saturated carbocycles. The van der Waals surface area contributed by atoms with Crippen molar-refractivity contribution in [2.24, 2.45) is 0 Å². The first-order valence-corrected chi connectivity index (χ1v) is 5.99. The van der Waals surface area contributed by atoms with Gasteiger partial charge in [-0.25, -0.2) is 4.39 Å². The van der Waals surface area contributed by atoms with Crippen LogP contribution in [0.4, 0.5) is 4.39 Å². The normalized spacial score (nSPS) is 10.6. The number of halogens is 1. The van der Waals surface area contributed by atoms with Crippen LogP contribution in [0.5, 0.6) is 0 Å². The summed E-state index contributed by atoms with van der Waals surface area (Å²) in [6.45, 7) is 0.626. The summed E-state index contributed by atoms with van der Waals surface area (Å²) in [6.07, 6.45) is 5.43. The van der Waals surface area contributed by atoms with Gasteiger partial charge in [-0.2, -0.15) is 5.10 Å². The van der Waals surface area contributed by atoms with Crippen LogP contribution in [-0.2, 0) is 6.54 Å². The van der Waals surface area contributed by atoms with Crippen molar-refractivity contribution in [1.82, 2.24) is 14.8 Å². The van der Waals surface area contributed by atoms with Crippen molar-refractivity contribution in [1.29, 1.82) is 0 Å². The molecule has 0 aliphatic heterocycles. The van der Waals surface area contributed by atoms with Crippen molar-refractivity contribution in [2.45, 2.75) is 6.54 Å². The molecule has 0 radical (unpaired) electrons. The molecule has 4 heteroatoms. The average Bonchev–Trinajstić information content (AvgIpc) is 2.91. The van der Waals surface area contributed by atoms with Crippen molar-refractivity contribution in [3.63, 3.8) is 0 Å². The Morgan fingerprint density at radius 1 is 1.05 bits per heavy atom. The lowest BCUT2D eigenvalue weighted by molar-refractivity contribution is 0.624. The maximum Gasteiger partial charge on any atom is 0.123 e. The van der Waals surface area contributed by atoms with Gasteiger partial charge in [0.25, 0.3) is 0 Å². The molecule has 0 atom stereocenters. The fourth-order valence-electron chi connectivity index (χ4n) is 1.89. The van der Waals surface area contributed by atoms with Gasteiger partial charge in [-0.15, -0.1) is 0 Å². The van der Waals surface area contributed by atoms with Crippen LogP contribution >= 0.6 is 0 Å². The van der Waals surface area contributed by atoms with Crippen molar-refractivity contribution in [2.75, 3.05) is 0 Å². The minimum atomic E-state index is -0.222. The van der Waals surface area contributed by atoms with Crippen LogP contribution in [-0.4, -0.2) is 14.8 Å². The van der Waals surface area contributed by atoms with Gasteiger partial charge in [0, 0.05) is 24.2 Å². The van der Waals surface area contributed by atoms with Gasteiger partial charge in [0.05, 0.1) is 12.2 Å². The van der Waals surface area contributed by atoms with Gasteiger partial charge in [0.15, 0.2) is 0 Å². The Labute approximate surface area is 110 Å². The molecule has 0 aliphatic rings. The Balaban J connectivity index is 1.80. The molecule has 2 heterocycles. The first-order chi connectivity index (χ1) is 9.31. The Hall–Kier alpha value is -2.49. The van der Waals surface area contributed by atoms with Crippen LogP contribution in [0.25, 0.3) is 11.3 Å². The zero-order valence-corrected chi connectivity index (χ0v) is 10.2. The number of rotatable bonds is 3. The van der Waals surface area contributed by atoms with E-state index in [0.29, 0.717) is 6.54 Å². The van der Waals surface area contributed by atoms with Gasteiger partial charge < -0.3 is 0 Å². The maximum atomic E-state index is 12.8. The number of hydrogen-bond donors (Lipinski definition) is 0. The highest BCUT2D eigenvalue weighted by Gasteiger charge is 2.02. The van der Waals surface area contributed by atoms with Gasteiger partial charge in [-0.1, -0.05) is 12.1 Å². The minimum Gasteiger partial charge on any atom is -0.268 e. The molecular formula is C15H12FN3. The summed E-state index contributed by atoms with van der Waals surface area (Å²) in [6, 6.07) is 12.2. The van der Waals surface area contributed by atoms with Crippen LogP contribution in [0.15, 0.2) is 61.1 Å². The van der Waals surface area contributed by atoms with E-state index in [1.807, 2.05) is 29.1 Å². The molecule has 2 aromatic heterocycles. The van der Waals surface area contributed by atoms with E-state index < -0.39 is 0 Å². The average molecular weight is 253 g/mol. The van der Waals surface area contributed by atoms with Crippen molar-refractivity contribution >= 4 is 0 Å². The molecule has 0 fully saturated rings. The first kappa shape index (κ1) is 11.6. The molecular weight excluding hydrogens is 241 g/mol. The number of aromatic nitrogens is 3. The highest BCUT2D eigenvalue weighted by atomic mass is 19.1. The number of benzene rings is 1. The molecule has 0 bridgehead atoms. The molecule has 3 aromatic rings. The predicted molar refractivity (Wildman–Crippen MR) is 71.0 cm³/mol. The quantitative estimate of drug-likeness (QED) is 0.718. The summed E-state index contributed by atoms with van der Waals surface area (Å²) < 4.78 is 14.7. The van der Waals surface area contributed by atoms with E-state index in [1.54, 1.807) is 24.5 Å². The van der Waals surface area contributed by atoms with E-state index >= 15 is 0 Å².